The van der Waals surface area contributed by atoms with E-state index < -0.39 is 40.2 Å². The van der Waals surface area contributed by atoms with Crippen LogP contribution in [0.1, 0.15) is 6.92 Å². The molecule has 0 aliphatic carbocycles. The van der Waals surface area contributed by atoms with Crippen LogP contribution in [0.5, 0.6) is 0 Å². The number of fused-ring (bicyclic) bond motifs is 1. The van der Waals surface area contributed by atoms with E-state index in [0.29, 0.717) is 0 Å². The molecular formula is C16H17N3O8S. The Labute approximate surface area is 163 Å². The third-order valence-corrected chi connectivity index (χ3v) is 5.88. The molecule has 11 nitrogen and oxygen atoms in total. The van der Waals surface area contributed by atoms with Crippen LogP contribution >= 0.6 is 11.8 Å². The largest absolute Gasteiger partial charge is 0.478 e. The first-order valence-corrected chi connectivity index (χ1v) is 8.93. The normalized spacial score (nSPS) is 26.0. The van der Waals surface area contributed by atoms with Gasteiger partial charge in [-0.25, -0.2) is 14.5 Å². The smallest absolute Gasteiger partial charge is 0.404 e. The Kier molecular flexibility index (Phi) is 5.08. The molecule has 1 aromatic rings. The van der Waals surface area contributed by atoms with Crippen molar-refractivity contribution in [2.75, 3.05) is 18.6 Å². The Bertz CT molecular complexity index is 854. The average Bonchev–Trinajstić information content (AvgIpc) is 3.16. The lowest BCUT2D eigenvalue weighted by Crippen LogP contribution is -2.80. The summed E-state index contributed by atoms with van der Waals surface area (Å²) >= 11 is 1.00. The lowest BCUT2D eigenvalue weighted by Gasteiger charge is -2.58. The van der Waals surface area contributed by atoms with Crippen molar-refractivity contribution in [1.29, 1.82) is 0 Å². The fourth-order valence-corrected chi connectivity index (χ4v) is 4.72. The number of furan rings is 1. The summed E-state index contributed by atoms with van der Waals surface area (Å²) in [4.78, 5) is 50.0. The number of amides is 3. The molecule has 3 amide bonds. The van der Waals surface area contributed by atoms with E-state index in [1.54, 1.807) is 6.07 Å². The number of thioether (sulfide) groups is 1. The highest BCUT2D eigenvalue weighted by Crippen LogP contribution is 2.50. The van der Waals surface area contributed by atoms with Gasteiger partial charge >= 0.3 is 12.1 Å². The van der Waals surface area contributed by atoms with Gasteiger partial charge in [0.2, 0.25) is 11.8 Å². The molecule has 0 saturated carbocycles. The van der Waals surface area contributed by atoms with Crippen LogP contribution in [0.4, 0.5) is 10.7 Å². The number of carboxylic acids is 1. The van der Waals surface area contributed by atoms with Gasteiger partial charge in [-0.3, -0.25) is 14.5 Å². The zero-order valence-electron chi connectivity index (χ0n) is 14.9. The van der Waals surface area contributed by atoms with E-state index in [-0.39, 0.29) is 18.1 Å². The van der Waals surface area contributed by atoms with E-state index in [4.69, 9.17) is 19.6 Å². The number of primary amides is 1. The molecule has 150 valence electrons. The van der Waals surface area contributed by atoms with E-state index in [2.05, 4.69) is 0 Å². The predicted molar refractivity (Wildman–Crippen MR) is 94.9 cm³/mol. The molecule has 0 aromatic carbocycles. The van der Waals surface area contributed by atoms with E-state index in [1.807, 2.05) is 0 Å². The van der Waals surface area contributed by atoms with Crippen LogP contribution in [0.2, 0.25) is 0 Å². The van der Waals surface area contributed by atoms with Gasteiger partial charge in [-0.15, -0.1) is 11.8 Å². The quantitative estimate of drug-likeness (QED) is 0.498. The van der Waals surface area contributed by atoms with Gasteiger partial charge in [-0.05, 0) is 6.07 Å². The number of hydrogen-bond acceptors (Lipinski definition) is 8. The third-order valence-electron chi connectivity index (χ3n) is 4.36. The third kappa shape index (κ3) is 2.90. The number of anilines is 1. The summed E-state index contributed by atoms with van der Waals surface area (Å²) < 4.78 is 15.5. The molecule has 0 spiro atoms. The van der Waals surface area contributed by atoms with Gasteiger partial charge < -0.3 is 24.7 Å². The molecular weight excluding hydrogens is 394 g/mol. The number of β-lactam (4-membered cyclic amide) rings is 1. The number of carbonyl (C=O) groups is 4. The number of rotatable bonds is 6. The van der Waals surface area contributed by atoms with E-state index >= 15 is 0 Å². The molecule has 2 unspecified atom stereocenters. The molecule has 1 saturated heterocycles. The second kappa shape index (κ2) is 7.20. The molecule has 3 atom stereocenters. The minimum atomic E-state index is -1.75. The summed E-state index contributed by atoms with van der Waals surface area (Å²) in [6.45, 7) is 0.927. The second-order valence-electron chi connectivity index (χ2n) is 5.92. The summed E-state index contributed by atoms with van der Waals surface area (Å²) in [5.41, 5.74) is 3.07. The van der Waals surface area contributed by atoms with Crippen LogP contribution in [0.15, 0.2) is 34.6 Å². The number of aliphatic carboxylic acids is 1. The van der Waals surface area contributed by atoms with Crippen molar-refractivity contribution < 1.29 is 38.2 Å². The number of methoxy groups -OCH3 is 1. The van der Waals surface area contributed by atoms with Crippen molar-refractivity contribution in [3.05, 3.63) is 30.2 Å². The first-order chi connectivity index (χ1) is 13.2. The fraction of sp³-hybridized carbons (Fsp3) is 0.375. The SMILES string of the molecule is COC1(N(C(C)=O)c2ccco2)C(=O)N2C=C(C(=O)O)C(COC(N)=O)S[C@@H]21. The number of hydrogen-bond donors (Lipinski definition) is 2. The Morgan fingerprint density at radius 1 is 1.46 bits per heavy atom. The summed E-state index contributed by atoms with van der Waals surface area (Å²) in [5.74, 6) is -2.32. The van der Waals surface area contributed by atoms with Crippen LogP contribution < -0.4 is 10.6 Å². The summed E-state index contributed by atoms with van der Waals surface area (Å²) in [5, 5.41) is 7.78. The second-order valence-corrected chi connectivity index (χ2v) is 7.20. The first kappa shape index (κ1) is 19.8. The first-order valence-electron chi connectivity index (χ1n) is 7.99. The zero-order valence-corrected chi connectivity index (χ0v) is 15.7. The topological polar surface area (TPSA) is 153 Å². The van der Waals surface area contributed by atoms with Gasteiger partial charge in [0.25, 0.3) is 11.6 Å². The molecule has 1 aromatic heterocycles. The number of carbonyl (C=O) groups excluding carboxylic acids is 3. The Morgan fingerprint density at radius 2 is 2.18 bits per heavy atom. The van der Waals surface area contributed by atoms with Crippen LogP contribution in [0.3, 0.4) is 0 Å². The highest BCUT2D eigenvalue weighted by molar-refractivity contribution is 8.01. The molecule has 3 N–H and O–H groups in total. The molecule has 12 heteroatoms. The summed E-state index contributed by atoms with van der Waals surface area (Å²) in [7, 11) is 1.26. The van der Waals surface area contributed by atoms with Gasteiger partial charge in [0, 0.05) is 26.3 Å². The van der Waals surface area contributed by atoms with Crippen molar-refractivity contribution in [2.45, 2.75) is 23.3 Å². The van der Waals surface area contributed by atoms with Gasteiger partial charge in [-0.1, -0.05) is 0 Å². The van der Waals surface area contributed by atoms with Crippen molar-refractivity contribution in [3.63, 3.8) is 0 Å². The van der Waals surface area contributed by atoms with Crippen LogP contribution in [0.25, 0.3) is 0 Å². The van der Waals surface area contributed by atoms with E-state index in [9.17, 15) is 24.3 Å². The Morgan fingerprint density at radius 3 is 2.68 bits per heavy atom. The van der Waals surface area contributed by atoms with E-state index in [1.165, 1.54) is 26.4 Å². The van der Waals surface area contributed by atoms with Crippen molar-refractivity contribution >= 4 is 41.5 Å². The molecule has 1 fully saturated rings. The lowest BCUT2D eigenvalue weighted by molar-refractivity contribution is -0.182. The van der Waals surface area contributed by atoms with Crippen molar-refractivity contribution in [1.82, 2.24) is 4.90 Å². The Hall–Kier alpha value is -2.99. The summed E-state index contributed by atoms with van der Waals surface area (Å²) in [6.07, 6.45) is 1.44. The zero-order chi connectivity index (χ0) is 20.6. The van der Waals surface area contributed by atoms with Gasteiger partial charge in [0.15, 0.2) is 0 Å². The van der Waals surface area contributed by atoms with Crippen LogP contribution in [0, 0.1) is 0 Å². The maximum Gasteiger partial charge on any atom is 0.404 e. The molecule has 28 heavy (non-hydrogen) atoms. The number of nitrogens with zero attached hydrogens (tertiary/aromatic N) is 2. The number of ether oxygens (including phenoxy) is 2. The average molecular weight is 411 g/mol. The highest BCUT2D eigenvalue weighted by Gasteiger charge is 2.69. The highest BCUT2D eigenvalue weighted by atomic mass is 32.2. The monoisotopic (exact) mass is 411 g/mol. The van der Waals surface area contributed by atoms with Crippen molar-refractivity contribution in [3.8, 4) is 0 Å². The maximum absolute atomic E-state index is 12.9. The lowest BCUT2D eigenvalue weighted by atomic mass is 9.98. The number of nitrogens with two attached hydrogens (primary N) is 1. The molecule has 0 radical (unpaired) electrons. The molecule has 2 aliphatic rings. The molecule has 3 heterocycles. The standard InChI is InChI=1S/C16H17N3O8S/c1-8(20)19(11-4-3-5-26-11)16(25-2)13(23)18-6-9(12(21)22)10(28-14(16)18)7-27-15(17)24/h3-6,10,14H,7H2,1-2H3,(H2,17,24)(H,21,22)/t10?,14-,16?/m1/s1. The Balaban J connectivity index is 2.01. The fourth-order valence-electron chi connectivity index (χ4n) is 3.18. The van der Waals surface area contributed by atoms with Crippen LogP contribution in [-0.4, -0.2) is 63.9 Å². The minimum Gasteiger partial charge on any atom is -0.478 e. The summed E-state index contributed by atoms with van der Waals surface area (Å²) in [6, 6.07) is 3.05. The number of carboxylic acid groups (broad SMARTS) is 1. The van der Waals surface area contributed by atoms with Gasteiger partial charge in [-0.2, -0.15) is 0 Å². The molecule has 0 bridgehead atoms. The minimum absolute atomic E-state index is 0.0981. The predicted octanol–water partition coefficient (Wildman–Crippen LogP) is 0.323. The van der Waals surface area contributed by atoms with Gasteiger partial charge in [0.05, 0.1) is 17.1 Å². The van der Waals surface area contributed by atoms with Crippen LogP contribution in [-0.2, 0) is 23.9 Å². The van der Waals surface area contributed by atoms with Gasteiger partial charge in [0.1, 0.15) is 12.0 Å². The maximum atomic E-state index is 12.9. The van der Waals surface area contributed by atoms with Crippen molar-refractivity contribution in [2.24, 2.45) is 5.73 Å². The van der Waals surface area contributed by atoms with E-state index in [0.717, 1.165) is 27.8 Å². The molecule has 2 aliphatic heterocycles. The molecule has 3 rings (SSSR count).